The minimum Gasteiger partial charge on any atom is -0.477 e. The minimum absolute atomic E-state index is 0.127. The SMILES string of the molecule is NC(=O)CCNC(=O)C1CNc2ccccc2O1. The zero-order valence-electron chi connectivity index (χ0n) is 9.81. The zero-order valence-corrected chi connectivity index (χ0v) is 9.81. The summed E-state index contributed by atoms with van der Waals surface area (Å²) in [7, 11) is 0. The number of amides is 2. The highest BCUT2D eigenvalue weighted by atomic mass is 16.5. The number of rotatable bonds is 4. The number of hydrogen-bond donors (Lipinski definition) is 3. The van der Waals surface area contributed by atoms with Crippen LogP contribution in [0, 0.1) is 0 Å². The van der Waals surface area contributed by atoms with Crippen LogP contribution in [0.4, 0.5) is 5.69 Å². The van der Waals surface area contributed by atoms with Crippen molar-refractivity contribution in [3.05, 3.63) is 24.3 Å². The van der Waals surface area contributed by atoms with Gasteiger partial charge in [0, 0.05) is 13.0 Å². The van der Waals surface area contributed by atoms with Crippen molar-refractivity contribution in [1.82, 2.24) is 5.32 Å². The molecule has 1 aliphatic heterocycles. The molecule has 0 saturated carbocycles. The summed E-state index contributed by atoms with van der Waals surface area (Å²) >= 11 is 0. The number of primary amides is 1. The van der Waals surface area contributed by atoms with Gasteiger partial charge in [0.2, 0.25) is 5.91 Å². The molecule has 6 nitrogen and oxygen atoms in total. The van der Waals surface area contributed by atoms with Crippen molar-refractivity contribution >= 4 is 17.5 Å². The first-order valence-electron chi connectivity index (χ1n) is 5.72. The number of anilines is 1. The predicted octanol–water partition coefficient (Wildman–Crippen LogP) is -0.149. The number of carbonyl (C=O) groups excluding carboxylic acids is 2. The average Bonchev–Trinajstić information content (AvgIpc) is 2.37. The molecule has 0 radical (unpaired) electrons. The van der Waals surface area contributed by atoms with E-state index in [4.69, 9.17) is 10.5 Å². The summed E-state index contributed by atoms with van der Waals surface area (Å²) in [6.45, 7) is 0.634. The van der Waals surface area contributed by atoms with Crippen LogP contribution in [0.15, 0.2) is 24.3 Å². The monoisotopic (exact) mass is 249 g/mol. The first kappa shape index (κ1) is 12.2. The van der Waals surface area contributed by atoms with Crippen LogP contribution in [0.25, 0.3) is 0 Å². The number of hydrogen-bond acceptors (Lipinski definition) is 4. The molecule has 2 rings (SSSR count). The van der Waals surface area contributed by atoms with E-state index >= 15 is 0 Å². The Bertz CT molecular complexity index is 462. The fourth-order valence-corrected chi connectivity index (χ4v) is 1.68. The van der Waals surface area contributed by atoms with E-state index in [0.29, 0.717) is 12.3 Å². The van der Waals surface area contributed by atoms with Crippen LogP contribution >= 0.6 is 0 Å². The molecule has 1 aromatic rings. The summed E-state index contributed by atoms with van der Waals surface area (Å²) in [5.41, 5.74) is 5.86. The van der Waals surface area contributed by atoms with Crippen LogP contribution in [-0.2, 0) is 9.59 Å². The molecule has 0 aliphatic carbocycles. The summed E-state index contributed by atoms with van der Waals surface area (Å²) in [6, 6.07) is 7.41. The van der Waals surface area contributed by atoms with Gasteiger partial charge in [0.15, 0.2) is 6.10 Å². The van der Waals surface area contributed by atoms with Crippen LogP contribution in [0.1, 0.15) is 6.42 Å². The molecular weight excluding hydrogens is 234 g/mol. The first-order chi connectivity index (χ1) is 8.66. The first-order valence-corrected chi connectivity index (χ1v) is 5.72. The molecule has 6 heteroatoms. The Kier molecular flexibility index (Phi) is 3.66. The van der Waals surface area contributed by atoms with Crippen LogP contribution in [0.5, 0.6) is 5.75 Å². The van der Waals surface area contributed by atoms with Crippen LogP contribution in [0.2, 0.25) is 0 Å². The largest absolute Gasteiger partial charge is 0.477 e. The van der Waals surface area contributed by atoms with Gasteiger partial charge in [0.1, 0.15) is 5.75 Å². The fourth-order valence-electron chi connectivity index (χ4n) is 1.68. The van der Waals surface area contributed by atoms with Gasteiger partial charge in [0.25, 0.3) is 5.91 Å². The Balaban J connectivity index is 1.88. The van der Waals surface area contributed by atoms with Crippen molar-refractivity contribution in [2.45, 2.75) is 12.5 Å². The minimum atomic E-state index is -0.590. The Morgan fingerprint density at radius 2 is 2.22 bits per heavy atom. The Labute approximate surface area is 104 Å². The van der Waals surface area contributed by atoms with E-state index in [2.05, 4.69) is 10.6 Å². The number of fused-ring (bicyclic) bond motifs is 1. The van der Waals surface area contributed by atoms with Crippen molar-refractivity contribution < 1.29 is 14.3 Å². The highest BCUT2D eigenvalue weighted by Gasteiger charge is 2.25. The van der Waals surface area contributed by atoms with Crippen molar-refractivity contribution in [1.29, 1.82) is 0 Å². The summed E-state index contributed by atoms with van der Waals surface area (Å²) in [6.07, 6.45) is -0.463. The molecule has 18 heavy (non-hydrogen) atoms. The summed E-state index contributed by atoms with van der Waals surface area (Å²) in [4.78, 5) is 22.3. The third kappa shape index (κ3) is 2.91. The maximum absolute atomic E-state index is 11.8. The quantitative estimate of drug-likeness (QED) is 0.692. The fraction of sp³-hybridized carbons (Fsp3) is 0.333. The van der Waals surface area contributed by atoms with Crippen LogP contribution in [-0.4, -0.2) is 31.0 Å². The van der Waals surface area contributed by atoms with Gasteiger partial charge in [-0.25, -0.2) is 0 Å². The van der Waals surface area contributed by atoms with E-state index in [1.807, 2.05) is 18.2 Å². The number of carbonyl (C=O) groups is 2. The van der Waals surface area contributed by atoms with E-state index in [1.165, 1.54) is 0 Å². The molecule has 2 amide bonds. The van der Waals surface area contributed by atoms with Gasteiger partial charge in [-0.15, -0.1) is 0 Å². The summed E-state index contributed by atoms with van der Waals surface area (Å²) in [5, 5.41) is 5.73. The van der Waals surface area contributed by atoms with Gasteiger partial charge in [-0.05, 0) is 12.1 Å². The normalized spacial score (nSPS) is 17.0. The van der Waals surface area contributed by atoms with Gasteiger partial charge in [-0.2, -0.15) is 0 Å². The lowest BCUT2D eigenvalue weighted by Gasteiger charge is -2.26. The van der Waals surface area contributed by atoms with Gasteiger partial charge in [-0.3, -0.25) is 9.59 Å². The molecule has 0 fully saturated rings. The third-order valence-electron chi connectivity index (χ3n) is 2.60. The lowest BCUT2D eigenvalue weighted by molar-refractivity contribution is -0.127. The second kappa shape index (κ2) is 5.39. The maximum Gasteiger partial charge on any atom is 0.262 e. The molecule has 0 saturated heterocycles. The zero-order chi connectivity index (χ0) is 13.0. The molecule has 1 aliphatic rings. The third-order valence-corrected chi connectivity index (χ3v) is 2.60. The summed E-state index contributed by atoms with van der Waals surface area (Å²) < 4.78 is 5.56. The lowest BCUT2D eigenvalue weighted by Crippen LogP contribution is -2.45. The van der Waals surface area contributed by atoms with E-state index in [1.54, 1.807) is 6.07 Å². The average molecular weight is 249 g/mol. The Morgan fingerprint density at radius 3 is 3.00 bits per heavy atom. The van der Waals surface area contributed by atoms with E-state index in [9.17, 15) is 9.59 Å². The molecule has 1 heterocycles. The van der Waals surface area contributed by atoms with Crippen LogP contribution in [0.3, 0.4) is 0 Å². The maximum atomic E-state index is 11.8. The van der Waals surface area contributed by atoms with Crippen molar-refractivity contribution in [2.75, 3.05) is 18.4 Å². The van der Waals surface area contributed by atoms with Crippen molar-refractivity contribution in [3.63, 3.8) is 0 Å². The topological polar surface area (TPSA) is 93.5 Å². The Hall–Kier alpha value is -2.24. The summed E-state index contributed by atoms with van der Waals surface area (Å²) in [5.74, 6) is -0.0413. The molecule has 1 aromatic carbocycles. The molecular formula is C12H15N3O3. The van der Waals surface area contributed by atoms with Gasteiger partial charge in [-0.1, -0.05) is 12.1 Å². The van der Waals surface area contributed by atoms with E-state index in [-0.39, 0.29) is 18.9 Å². The lowest BCUT2D eigenvalue weighted by atomic mass is 10.2. The standard InChI is InChI=1S/C12H15N3O3/c13-11(16)5-6-14-12(17)10-7-15-8-3-1-2-4-9(8)18-10/h1-4,10,15H,5-7H2,(H2,13,16)(H,14,17). The molecule has 0 spiro atoms. The van der Waals surface area contributed by atoms with Crippen molar-refractivity contribution in [2.24, 2.45) is 5.73 Å². The molecule has 1 unspecified atom stereocenters. The number of nitrogens with two attached hydrogens (primary N) is 1. The highest BCUT2D eigenvalue weighted by Crippen LogP contribution is 2.27. The highest BCUT2D eigenvalue weighted by molar-refractivity contribution is 5.83. The number of ether oxygens (including phenoxy) is 1. The molecule has 1 atom stereocenters. The second-order valence-electron chi connectivity index (χ2n) is 3.99. The van der Waals surface area contributed by atoms with E-state index in [0.717, 1.165) is 5.69 Å². The Morgan fingerprint density at radius 1 is 1.44 bits per heavy atom. The van der Waals surface area contributed by atoms with Gasteiger partial charge in [0.05, 0.1) is 12.2 Å². The molecule has 0 aromatic heterocycles. The number of para-hydroxylation sites is 2. The van der Waals surface area contributed by atoms with Crippen molar-refractivity contribution in [3.8, 4) is 5.75 Å². The van der Waals surface area contributed by atoms with Crippen LogP contribution < -0.4 is 21.1 Å². The molecule has 4 N–H and O–H groups in total. The van der Waals surface area contributed by atoms with Gasteiger partial charge >= 0.3 is 0 Å². The predicted molar refractivity (Wildman–Crippen MR) is 66.2 cm³/mol. The van der Waals surface area contributed by atoms with E-state index < -0.39 is 12.0 Å². The second-order valence-corrected chi connectivity index (χ2v) is 3.99. The van der Waals surface area contributed by atoms with Gasteiger partial charge < -0.3 is 21.1 Å². The molecule has 0 bridgehead atoms. The number of nitrogens with one attached hydrogen (secondary N) is 2. The molecule has 96 valence electrons. The smallest absolute Gasteiger partial charge is 0.262 e. The number of benzene rings is 1.